The highest BCUT2D eigenvalue weighted by atomic mass is 16.4. The average molecular weight is 142 g/mol. The van der Waals surface area contributed by atoms with Crippen LogP contribution in [0.15, 0.2) is 0 Å². The smallest absolute Gasteiger partial charge is 0.326 e. The van der Waals surface area contributed by atoms with Crippen LogP contribution in [0, 0.1) is 0 Å². The van der Waals surface area contributed by atoms with Gasteiger partial charge in [0.25, 0.3) is 0 Å². The molecule has 55 valence electrons. The standard InChI is InChI=1S/C6H8NO3/c8-4-7-3-1-2-5(7)6(9)10/h5H,1-3H2,(H,9,10). The van der Waals surface area contributed by atoms with Crippen LogP contribution in [0.25, 0.3) is 0 Å². The van der Waals surface area contributed by atoms with Crippen LogP contribution < -0.4 is 0 Å². The van der Waals surface area contributed by atoms with Crippen LogP contribution in [0.4, 0.5) is 0 Å². The van der Waals surface area contributed by atoms with E-state index in [1.165, 1.54) is 4.90 Å². The molecule has 1 saturated heterocycles. The Kier molecular flexibility index (Phi) is 1.89. The molecule has 1 aliphatic heterocycles. The summed E-state index contributed by atoms with van der Waals surface area (Å²) in [6, 6.07) is -0.627. The van der Waals surface area contributed by atoms with Crippen molar-refractivity contribution in [3.8, 4) is 0 Å². The molecule has 4 heteroatoms. The highest BCUT2D eigenvalue weighted by Crippen LogP contribution is 2.14. The van der Waals surface area contributed by atoms with Crippen LogP contribution in [-0.4, -0.2) is 35.0 Å². The molecule has 1 aliphatic rings. The van der Waals surface area contributed by atoms with Crippen molar-refractivity contribution in [2.75, 3.05) is 6.54 Å². The van der Waals surface area contributed by atoms with Gasteiger partial charge in [0, 0.05) is 6.54 Å². The molecule has 0 aromatic rings. The van der Waals surface area contributed by atoms with Gasteiger partial charge in [-0.15, -0.1) is 0 Å². The van der Waals surface area contributed by atoms with Crippen molar-refractivity contribution in [1.29, 1.82) is 0 Å². The molecule has 0 aromatic carbocycles. The molecular weight excluding hydrogens is 134 g/mol. The zero-order chi connectivity index (χ0) is 7.56. The Balaban J connectivity index is 2.58. The van der Waals surface area contributed by atoms with E-state index < -0.39 is 12.0 Å². The number of aliphatic carboxylic acids is 1. The minimum Gasteiger partial charge on any atom is -0.480 e. The first-order valence-corrected chi connectivity index (χ1v) is 3.13. The van der Waals surface area contributed by atoms with Gasteiger partial charge in [0.05, 0.1) is 0 Å². The minimum atomic E-state index is -0.930. The summed E-state index contributed by atoms with van der Waals surface area (Å²) in [7, 11) is 0. The number of carbonyl (C=O) groups is 1. The van der Waals surface area contributed by atoms with Gasteiger partial charge < -0.3 is 10.0 Å². The summed E-state index contributed by atoms with van der Waals surface area (Å²) in [5.74, 6) is -0.930. The zero-order valence-corrected chi connectivity index (χ0v) is 5.41. The average Bonchev–Trinajstić information content (AvgIpc) is 2.33. The van der Waals surface area contributed by atoms with Crippen LogP contribution in [0.5, 0.6) is 0 Å². The predicted octanol–water partition coefficient (Wildman–Crippen LogP) is -0.397. The minimum absolute atomic E-state index is 0.528. The molecule has 1 radical (unpaired) electrons. The number of rotatable bonds is 2. The van der Waals surface area contributed by atoms with Crippen LogP contribution >= 0.6 is 0 Å². The molecule has 0 bridgehead atoms. The maximum absolute atomic E-state index is 10.4. The Morgan fingerprint density at radius 3 is 2.80 bits per heavy atom. The van der Waals surface area contributed by atoms with E-state index >= 15 is 0 Å². The van der Waals surface area contributed by atoms with E-state index in [0.29, 0.717) is 13.0 Å². The number of likely N-dealkylation sites (tertiary alicyclic amines) is 1. The number of amides is 1. The fraction of sp³-hybridized carbons (Fsp3) is 0.667. The molecule has 1 unspecified atom stereocenters. The zero-order valence-electron chi connectivity index (χ0n) is 5.41. The molecule has 1 rings (SSSR count). The number of carbonyl (C=O) groups excluding carboxylic acids is 1. The van der Waals surface area contributed by atoms with E-state index in [1.54, 1.807) is 6.41 Å². The second-order valence-corrected chi connectivity index (χ2v) is 2.28. The third-order valence-electron chi connectivity index (χ3n) is 1.66. The maximum atomic E-state index is 10.4. The van der Waals surface area contributed by atoms with Crippen LogP contribution in [0.3, 0.4) is 0 Å². The second-order valence-electron chi connectivity index (χ2n) is 2.28. The molecule has 0 saturated carbocycles. The van der Waals surface area contributed by atoms with Crippen molar-refractivity contribution in [2.24, 2.45) is 0 Å². The Bertz CT molecular complexity index is 157. The van der Waals surface area contributed by atoms with E-state index in [4.69, 9.17) is 5.11 Å². The fourth-order valence-electron chi connectivity index (χ4n) is 1.13. The third kappa shape index (κ3) is 1.10. The first-order chi connectivity index (χ1) is 4.75. The summed E-state index contributed by atoms with van der Waals surface area (Å²) in [5, 5.41) is 8.49. The monoisotopic (exact) mass is 142 g/mol. The van der Waals surface area contributed by atoms with E-state index in [2.05, 4.69) is 0 Å². The molecule has 0 spiro atoms. The van der Waals surface area contributed by atoms with Crippen LogP contribution in [-0.2, 0) is 9.59 Å². The summed E-state index contributed by atoms with van der Waals surface area (Å²) in [6.07, 6.45) is 2.93. The predicted molar refractivity (Wildman–Crippen MR) is 33.1 cm³/mol. The lowest BCUT2D eigenvalue weighted by Gasteiger charge is -2.12. The van der Waals surface area contributed by atoms with Crippen molar-refractivity contribution in [3.05, 3.63) is 0 Å². The number of hydrogen-bond donors (Lipinski definition) is 1. The lowest BCUT2D eigenvalue weighted by Crippen LogP contribution is -2.34. The van der Waals surface area contributed by atoms with Crippen molar-refractivity contribution in [3.63, 3.8) is 0 Å². The summed E-state index contributed by atoms with van der Waals surface area (Å²) >= 11 is 0. The second kappa shape index (κ2) is 2.68. The topological polar surface area (TPSA) is 57.6 Å². The Morgan fingerprint density at radius 1 is 1.70 bits per heavy atom. The van der Waals surface area contributed by atoms with Gasteiger partial charge in [0.2, 0.25) is 0 Å². The van der Waals surface area contributed by atoms with Gasteiger partial charge >= 0.3 is 12.4 Å². The number of nitrogens with zero attached hydrogens (tertiary/aromatic N) is 1. The highest BCUT2D eigenvalue weighted by Gasteiger charge is 2.29. The quantitative estimate of drug-likeness (QED) is 0.570. The summed E-state index contributed by atoms with van der Waals surface area (Å²) in [6.45, 7) is 0.528. The fourth-order valence-corrected chi connectivity index (χ4v) is 1.13. The van der Waals surface area contributed by atoms with E-state index in [-0.39, 0.29) is 0 Å². The molecule has 1 fully saturated rings. The molecule has 1 heterocycles. The largest absolute Gasteiger partial charge is 0.480 e. The normalized spacial score (nSPS) is 24.8. The van der Waals surface area contributed by atoms with Gasteiger partial charge in [-0.2, -0.15) is 0 Å². The van der Waals surface area contributed by atoms with Gasteiger partial charge in [-0.1, -0.05) is 0 Å². The van der Waals surface area contributed by atoms with Crippen molar-refractivity contribution in [2.45, 2.75) is 18.9 Å². The molecule has 1 amide bonds. The van der Waals surface area contributed by atoms with Gasteiger partial charge in [0.1, 0.15) is 6.04 Å². The number of hydrogen-bond acceptors (Lipinski definition) is 2. The van der Waals surface area contributed by atoms with Gasteiger partial charge in [-0.3, -0.25) is 4.79 Å². The number of carboxylic acid groups (broad SMARTS) is 1. The van der Waals surface area contributed by atoms with E-state index in [0.717, 1.165) is 6.42 Å². The maximum Gasteiger partial charge on any atom is 0.326 e. The highest BCUT2D eigenvalue weighted by molar-refractivity contribution is 5.76. The molecule has 0 aliphatic carbocycles. The molecule has 1 atom stereocenters. The molecule has 0 aromatic heterocycles. The number of carboxylic acids is 1. The lowest BCUT2D eigenvalue weighted by atomic mass is 10.2. The Morgan fingerprint density at radius 2 is 2.40 bits per heavy atom. The van der Waals surface area contributed by atoms with Crippen LogP contribution in [0.1, 0.15) is 12.8 Å². The van der Waals surface area contributed by atoms with Gasteiger partial charge in [0.15, 0.2) is 0 Å². The summed E-state index contributed by atoms with van der Waals surface area (Å²) in [4.78, 5) is 21.6. The van der Waals surface area contributed by atoms with Crippen LogP contribution in [0.2, 0.25) is 0 Å². The summed E-state index contributed by atoms with van der Waals surface area (Å²) in [5.41, 5.74) is 0. The van der Waals surface area contributed by atoms with E-state index in [9.17, 15) is 9.59 Å². The Hall–Kier alpha value is -1.06. The van der Waals surface area contributed by atoms with Gasteiger partial charge in [-0.05, 0) is 12.8 Å². The summed E-state index contributed by atoms with van der Waals surface area (Å²) < 4.78 is 0. The lowest BCUT2D eigenvalue weighted by molar-refractivity contribution is -0.140. The molecular formula is C6H8NO3. The van der Waals surface area contributed by atoms with Crippen molar-refractivity contribution < 1.29 is 14.7 Å². The van der Waals surface area contributed by atoms with Crippen molar-refractivity contribution in [1.82, 2.24) is 4.90 Å². The first-order valence-electron chi connectivity index (χ1n) is 3.13. The first kappa shape index (κ1) is 7.05. The molecule has 1 N–H and O–H groups in total. The van der Waals surface area contributed by atoms with Gasteiger partial charge in [-0.25, -0.2) is 4.79 Å². The van der Waals surface area contributed by atoms with Crippen molar-refractivity contribution >= 4 is 12.4 Å². The van der Waals surface area contributed by atoms with E-state index in [1.807, 2.05) is 0 Å². The Labute approximate surface area is 58.4 Å². The molecule has 10 heavy (non-hydrogen) atoms. The third-order valence-corrected chi connectivity index (χ3v) is 1.66. The molecule has 4 nitrogen and oxygen atoms in total. The SMILES string of the molecule is O=[C]N1CCCC1C(=O)O.